The Morgan fingerprint density at radius 1 is 1.00 bits per heavy atom. The van der Waals surface area contributed by atoms with Gasteiger partial charge in [0, 0.05) is 16.3 Å². The van der Waals surface area contributed by atoms with Gasteiger partial charge in [-0.3, -0.25) is 0 Å². The molecule has 0 spiro atoms. The lowest BCUT2D eigenvalue weighted by Crippen LogP contribution is -2.06. The number of carbonyl (C=O) groups excluding carboxylic acids is 1. The van der Waals surface area contributed by atoms with E-state index in [1.54, 1.807) is 11.3 Å². The predicted molar refractivity (Wildman–Crippen MR) is 152 cm³/mol. The zero-order chi connectivity index (χ0) is 25.7. The number of esters is 1. The summed E-state index contributed by atoms with van der Waals surface area (Å²) < 4.78 is 5.04. The number of rotatable bonds is 4. The van der Waals surface area contributed by atoms with E-state index in [4.69, 9.17) is 9.72 Å². The molecule has 5 nitrogen and oxygen atoms in total. The summed E-state index contributed by atoms with van der Waals surface area (Å²) in [6, 6.07) is 14.8. The number of hydrogen-bond acceptors (Lipinski definition) is 5. The standard InChI is InChI=1S/C31H31N3O2S/c1-17-23(31(35)36-4)12-13-24-27(20-8-6-5-7-9-20)29(34-28(17)24)22-11-14-25-21(16-22)10-15-26(33-25)30-18(2)32-19(3)37-30/h10-16,20,34H,5-9H2,1-4H3. The Hall–Kier alpha value is -3.51. The molecule has 6 rings (SSSR count). The molecule has 3 heterocycles. The van der Waals surface area contributed by atoms with Gasteiger partial charge in [0.15, 0.2) is 0 Å². The summed E-state index contributed by atoms with van der Waals surface area (Å²) in [6.45, 7) is 6.09. The number of aromatic nitrogens is 3. The normalized spacial score (nSPS) is 14.5. The van der Waals surface area contributed by atoms with Gasteiger partial charge in [-0.15, -0.1) is 11.3 Å². The lowest BCUT2D eigenvalue weighted by atomic mass is 9.81. The zero-order valence-electron chi connectivity index (χ0n) is 21.8. The van der Waals surface area contributed by atoms with Crippen LogP contribution in [0.1, 0.15) is 70.2 Å². The molecule has 5 aromatic rings. The molecule has 1 saturated carbocycles. The van der Waals surface area contributed by atoms with E-state index in [-0.39, 0.29) is 5.97 Å². The first-order chi connectivity index (χ1) is 17.9. The fraction of sp³-hybridized carbons (Fsp3) is 0.323. The SMILES string of the molecule is COC(=O)c1ccc2c(C3CCCCC3)c(-c3ccc4nc(-c5sc(C)nc5C)ccc4c3)[nH]c2c1C. The number of methoxy groups -OCH3 is 1. The Morgan fingerprint density at radius 2 is 1.81 bits per heavy atom. The minimum atomic E-state index is -0.297. The predicted octanol–water partition coefficient (Wildman–Crippen LogP) is 8.27. The molecular weight excluding hydrogens is 478 g/mol. The molecule has 188 valence electrons. The summed E-state index contributed by atoms with van der Waals surface area (Å²) in [6.07, 6.45) is 6.23. The van der Waals surface area contributed by atoms with E-state index in [0.29, 0.717) is 11.5 Å². The monoisotopic (exact) mass is 509 g/mol. The van der Waals surface area contributed by atoms with Gasteiger partial charge in [0.25, 0.3) is 0 Å². The molecule has 1 aliphatic rings. The smallest absolute Gasteiger partial charge is 0.338 e. The second kappa shape index (κ2) is 9.42. The van der Waals surface area contributed by atoms with Crippen LogP contribution >= 0.6 is 11.3 Å². The van der Waals surface area contributed by atoms with E-state index in [1.807, 2.05) is 26.8 Å². The summed E-state index contributed by atoms with van der Waals surface area (Å²) >= 11 is 1.69. The van der Waals surface area contributed by atoms with Crippen molar-refractivity contribution in [2.75, 3.05) is 7.11 Å². The van der Waals surface area contributed by atoms with Gasteiger partial charge in [-0.1, -0.05) is 37.5 Å². The van der Waals surface area contributed by atoms with E-state index >= 15 is 0 Å². The van der Waals surface area contributed by atoms with E-state index < -0.39 is 0 Å². The Kier molecular flexibility index (Phi) is 6.07. The van der Waals surface area contributed by atoms with E-state index in [9.17, 15) is 4.79 Å². The van der Waals surface area contributed by atoms with Crippen molar-refractivity contribution < 1.29 is 9.53 Å². The number of nitrogens with one attached hydrogen (secondary N) is 1. The van der Waals surface area contributed by atoms with Gasteiger partial charge in [-0.05, 0) is 80.5 Å². The molecule has 0 saturated heterocycles. The van der Waals surface area contributed by atoms with E-state index in [0.717, 1.165) is 54.5 Å². The Morgan fingerprint density at radius 3 is 2.54 bits per heavy atom. The third kappa shape index (κ3) is 4.13. The van der Waals surface area contributed by atoms with Crippen molar-refractivity contribution in [3.05, 3.63) is 69.9 Å². The van der Waals surface area contributed by atoms with Gasteiger partial charge in [-0.2, -0.15) is 0 Å². The van der Waals surface area contributed by atoms with Crippen molar-refractivity contribution in [1.82, 2.24) is 15.0 Å². The van der Waals surface area contributed by atoms with Gasteiger partial charge in [0.2, 0.25) is 0 Å². The quantitative estimate of drug-likeness (QED) is 0.248. The first-order valence-corrected chi connectivity index (χ1v) is 13.9. The highest BCUT2D eigenvalue weighted by molar-refractivity contribution is 7.15. The molecule has 37 heavy (non-hydrogen) atoms. The number of H-pyrrole nitrogens is 1. The molecule has 0 amide bonds. The lowest BCUT2D eigenvalue weighted by Gasteiger charge is -2.23. The van der Waals surface area contributed by atoms with Crippen LogP contribution in [-0.2, 0) is 4.74 Å². The van der Waals surface area contributed by atoms with Crippen LogP contribution in [0.25, 0.3) is 43.6 Å². The highest BCUT2D eigenvalue weighted by Crippen LogP contribution is 2.44. The first kappa shape index (κ1) is 23.9. The van der Waals surface area contributed by atoms with E-state index in [2.05, 4.69) is 46.4 Å². The molecule has 1 N–H and O–H groups in total. The Balaban J connectivity index is 1.50. The molecule has 0 radical (unpaired) electrons. The molecule has 1 fully saturated rings. The van der Waals surface area contributed by atoms with Crippen molar-refractivity contribution in [2.45, 2.75) is 58.8 Å². The van der Waals surface area contributed by atoms with Crippen LogP contribution in [-0.4, -0.2) is 28.0 Å². The van der Waals surface area contributed by atoms with Crippen molar-refractivity contribution in [2.24, 2.45) is 0 Å². The maximum Gasteiger partial charge on any atom is 0.338 e. The van der Waals surface area contributed by atoms with Crippen LogP contribution in [0.3, 0.4) is 0 Å². The number of hydrogen-bond donors (Lipinski definition) is 1. The molecule has 1 aliphatic carbocycles. The second-order valence-electron chi connectivity index (χ2n) is 10.2. The lowest BCUT2D eigenvalue weighted by molar-refractivity contribution is 0.0600. The number of thiazole rings is 1. The molecule has 0 atom stereocenters. The van der Waals surface area contributed by atoms with Crippen molar-refractivity contribution >= 4 is 39.1 Å². The first-order valence-electron chi connectivity index (χ1n) is 13.0. The Bertz CT molecular complexity index is 1660. The average molecular weight is 510 g/mol. The third-order valence-corrected chi connectivity index (χ3v) is 8.90. The maximum absolute atomic E-state index is 12.4. The summed E-state index contributed by atoms with van der Waals surface area (Å²) in [7, 11) is 1.44. The number of benzene rings is 2. The second-order valence-corrected chi connectivity index (χ2v) is 11.4. The number of nitrogens with zero attached hydrogens (tertiary/aromatic N) is 2. The molecule has 0 unspecified atom stereocenters. The number of pyridine rings is 1. The van der Waals surface area contributed by atoms with Crippen LogP contribution in [0, 0.1) is 20.8 Å². The molecule has 3 aromatic heterocycles. The van der Waals surface area contributed by atoms with E-state index in [1.165, 1.54) is 50.2 Å². The molecular formula is C31H31N3O2S. The summed E-state index contributed by atoms with van der Waals surface area (Å²) in [5, 5.41) is 3.39. The molecule has 2 aromatic carbocycles. The maximum atomic E-state index is 12.4. The third-order valence-electron chi connectivity index (χ3n) is 7.81. The summed E-state index contributed by atoms with van der Waals surface area (Å²) in [5.74, 6) is 0.211. The highest BCUT2D eigenvalue weighted by atomic mass is 32.1. The number of ether oxygens (including phenoxy) is 1. The van der Waals surface area contributed by atoms with Gasteiger partial charge < -0.3 is 9.72 Å². The van der Waals surface area contributed by atoms with Gasteiger partial charge >= 0.3 is 5.97 Å². The number of carbonyl (C=O) groups is 1. The van der Waals surface area contributed by atoms with Crippen LogP contribution in [0.15, 0.2) is 42.5 Å². The van der Waals surface area contributed by atoms with Gasteiger partial charge in [-0.25, -0.2) is 14.8 Å². The highest BCUT2D eigenvalue weighted by Gasteiger charge is 2.26. The Labute approximate surface area is 220 Å². The van der Waals surface area contributed by atoms with Crippen molar-refractivity contribution in [1.29, 1.82) is 0 Å². The number of aryl methyl sites for hydroxylation is 3. The topological polar surface area (TPSA) is 67.9 Å². The number of fused-ring (bicyclic) bond motifs is 2. The minimum Gasteiger partial charge on any atom is -0.465 e. The summed E-state index contributed by atoms with van der Waals surface area (Å²) in [4.78, 5) is 26.8. The molecule has 6 heteroatoms. The zero-order valence-corrected chi connectivity index (χ0v) is 22.6. The van der Waals surface area contributed by atoms with Gasteiger partial charge in [0.1, 0.15) is 0 Å². The fourth-order valence-electron chi connectivity index (χ4n) is 5.97. The van der Waals surface area contributed by atoms with Crippen LogP contribution in [0.5, 0.6) is 0 Å². The number of aromatic amines is 1. The minimum absolute atomic E-state index is 0.297. The average Bonchev–Trinajstić information content (AvgIpc) is 3.48. The van der Waals surface area contributed by atoms with Crippen molar-refractivity contribution in [3.63, 3.8) is 0 Å². The summed E-state index contributed by atoms with van der Waals surface area (Å²) in [5.41, 5.74) is 9.26. The fourth-order valence-corrected chi connectivity index (χ4v) is 6.86. The van der Waals surface area contributed by atoms with Crippen LogP contribution in [0.2, 0.25) is 0 Å². The molecule has 0 aliphatic heterocycles. The largest absolute Gasteiger partial charge is 0.465 e. The van der Waals surface area contributed by atoms with Crippen molar-refractivity contribution in [3.8, 4) is 21.8 Å². The van der Waals surface area contributed by atoms with Gasteiger partial charge in [0.05, 0.1) is 45.2 Å². The van der Waals surface area contributed by atoms with Crippen LogP contribution in [0.4, 0.5) is 0 Å². The van der Waals surface area contributed by atoms with Crippen LogP contribution < -0.4 is 0 Å². The molecule has 0 bridgehead atoms.